The number of aryl methyl sites for hydroxylation is 1. The van der Waals surface area contributed by atoms with Crippen LogP contribution in [0.1, 0.15) is 39.2 Å². The Morgan fingerprint density at radius 1 is 1.12 bits per heavy atom. The molecule has 0 aromatic heterocycles. The Morgan fingerprint density at radius 3 is 2.20 bits per heavy atom. The average molecular weight is 370 g/mol. The van der Waals surface area contributed by atoms with E-state index in [1.54, 1.807) is 12.1 Å². The number of hydrogen-bond donors (Lipinski definition) is 2. The molecule has 0 fully saturated rings. The second-order valence-corrected chi connectivity index (χ2v) is 7.56. The van der Waals surface area contributed by atoms with Crippen molar-refractivity contribution in [1.82, 2.24) is 10.0 Å². The molecular weight excluding hydrogens is 344 g/mol. The number of sulfonamides is 1. The maximum atomic E-state index is 12.2. The minimum Gasteiger partial charge on any atom is -0.454 e. The Kier molecular flexibility index (Phi) is 8.05. The molecule has 1 aromatic carbocycles. The summed E-state index contributed by atoms with van der Waals surface area (Å²) in [7, 11) is -3.84. The number of nitrogens with one attached hydrogen (secondary N) is 2. The number of carbonyl (C=O) groups excluding carboxylic acids is 2. The van der Waals surface area contributed by atoms with E-state index in [1.165, 1.54) is 19.1 Å². The van der Waals surface area contributed by atoms with Crippen LogP contribution in [0.5, 0.6) is 0 Å². The van der Waals surface area contributed by atoms with E-state index in [0.29, 0.717) is 0 Å². The highest BCUT2D eigenvalue weighted by molar-refractivity contribution is 7.89. The summed E-state index contributed by atoms with van der Waals surface area (Å²) < 4.78 is 31.6. The normalized spacial score (nSPS) is 12.7. The van der Waals surface area contributed by atoms with Crippen LogP contribution < -0.4 is 10.0 Å². The van der Waals surface area contributed by atoms with Crippen molar-refractivity contribution in [3.05, 3.63) is 29.8 Å². The molecule has 1 aromatic rings. The molecule has 0 radical (unpaired) electrons. The number of ether oxygens (including phenoxy) is 1. The first-order chi connectivity index (χ1) is 11.7. The van der Waals surface area contributed by atoms with E-state index in [-0.39, 0.29) is 10.9 Å². The van der Waals surface area contributed by atoms with Crippen LogP contribution in [0.4, 0.5) is 0 Å². The fraction of sp³-hybridized carbons (Fsp3) is 0.529. The van der Waals surface area contributed by atoms with E-state index in [4.69, 9.17) is 4.74 Å². The minimum atomic E-state index is -3.84. The Balaban J connectivity index is 2.56. The molecule has 0 saturated heterocycles. The van der Waals surface area contributed by atoms with E-state index >= 15 is 0 Å². The van der Waals surface area contributed by atoms with Gasteiger partial charge in [0.15, 0.2) is 6.61 Å². The molecule has 1 atom stereocenters. The number of rotatable bonds is 9. The summed E-state index contributed by atoms with van der Waals surface area (Å²) in [5, 5.41) is 2.74. The van der Waals surface area contributed by atoms with Crippen molar-refractivity contribution in [2.45, 2.75) is 57.5 Å². The topological polar surface area (TPSA) is 102 Å². The summed E-state index contributed by atoms with van der Waals surface area (Å²) in [6, 6.07) is 5.17. The molecule has 8 heteroatoms. The first kappa shape index (κ1) is 21.1. The average Bonchev–Trinajstić information content (AvgIpc) is 2.57. The van der Waals surface area contributed by atoms with Gasteiger partial charge < -0.3 is 10.1 Å². The standard InChI is InChI=1S/C17H26N2O5S/c1-5-14(6-2)18-16(20)11-24-17(21)13(4)19-25(22,23)15-9-7-12(3)8-10-15/h7-10,13-14,19H,5-6,11H2,1-4H3,(H,18,20)/t13-/m0/s1. The molecule has 1 amide bonds. The number of hydrogen-bond acceptors (Lipinski definition) is 5. The van der Waals surface area contributed by atoms with Crippen LogP contribution >= 0.6 is 0 Å². The highest BCUT2D eigenvalue weighted by atomic mass is 32.2. The van der Waals surface area contributed by atoms with Gasteiger partial charge in [0.2, 0.25) is 10.0 Å². The predicted octanol–water partition coefficient (Wildman–Crippen LogP) is 1.51. The fourth-order valence-electron chi connectivity index (χ4n) is 2.09. The molecule has 7 nitrogen and oxygen atoms in total. The van der Waals surface area contributed by atoms with Gasteiger partial charge in [-0.05, 0) is 38.8 Å². The second kappa shape index (κ2) is 9.53. The highest BCUT2D eigenvalue weighted by Gasteiger charge is 2.23. The third-order valence-electron chi connectivity index (χ3n) is 3.71. The lowest BCUT2D eigenvalue weighted by atomic mass is 10.2. The maximum Gasteiger partial charge on any atom is 0.324 e. The Morgan fingerprint density at radius 2 is 1.68 bits per heavy atom. The zero-order chi connectivity index (χ0) is 19.0. The molecule has 1 rings (SSSR count). The third-order valence-corrected chi connectivity index (χ3v) is 5.27. The fourth-order valence-corrected chi connectivity index (χ4v) is 3.28. The van der Waals surface area contributed by atoms with Gasteiger partial charge in [0.05, 0.1) is 4.90 Å². The molecule has 0 bridgehead atoms. The van der Waals surface area contributed by atoms with Gasteiger partial charge in [-0.2, -0.15) is 4.72 Å². The van der Waals surface area contributed by atoms with Crippen molar-refractivity contribution in [2.75, 3.05) is 6.61 Å². The van der Waals surface area contributed by atoms with Crippen LogP contribution in [0.15, 0.2) is 29.2 Å². The van der Waals surface area contributed by atoms with Gasteiger partial charge in [0, 0.05) is 6.04 Å². The van der Waals surface area contributed by atoms with Crippen LogP contribution in [0.3, 0.4) is 0 Å². The number of carbonyl (C=O) groups is 2. The predicted molar refractivity (Wildman–Crippen MR) is 94.4 cm³/mol. The quantitative estimate of drug-likeness (QED) is 0.642. The maximum absolute atomic E-state index is 12.2. The highest BCUT2D eigenvalue weighted by Crippen LogP contribution is 2.10. The Labute approximate surface area is 149 Å². The molecule has 0 aliphatic heterocycles. The summed E-state index contributed by atoms with van der Waals surface area (Å²) in [5.41, 5.74) is 0.926. The van der Waals surface area contributed by atoms with Gasteiger partial charge in [-0.1, -0.05) is 31.5 Å². The van der Waals surface area contributed by atoms with Crippen molar-refractivity contribution in [3.63, 3.8) is 0 Å². The van der Waals surface area contributed by atoms with E-state index < -0.39 is 34.5 Å². The third kappa shape index (κ3) is 6.83. The van der Waals surface area contributed by atoms with E-state index in [0.717, 1.165) is 18.4 Å². The van der Waals surface area contributed by atoms with Crippen LogP contribution in [-0.2, 0) is 24.3 Å². The first-order valence-corrected chi connectivity index (χ1v) is 9.72. The SMILES string of the molecule is CCC(CC)NC(=O)COC(=O)[C@H](C)NS(=O)(=O)c1ccc(C)cc1. The van der Waals surface area contributed by atoms with E-state index in [2.05, 4.69) is 10.0 Å². The van der Waals surface area contributed by atoms with E-state index in [9.17, 15) is 18.0 Å². The molecule has 25 heavy (non-hydrogen) atoms. The van der Waals surface area contributed by atoms with Crippen molar-refractivity contribution >= 4 is 21.9 Å². The molecule has 0 aliphatic carbocycles. The molecule has 0 aliphatic rings. The molecular formula is C17H26N2O5S. The number of esters is 1. The lowest BCUT2D eigenvalue weighted by Crippen LogP contribution is -2.42. The molecule has 140 valence electrons. The zero-order valence-corrected chi connectivity index (χ0v) is 15.9. The van der Waals surface area contributed by atoms with Gasteiger partial charge in [-0.3, -0.25) is 9.59 Å². The summed E-state index contributed by atoms with van der Waals surface area (Å²) >= 11 is 0. The van der Waals surface area contributed by atoms with Crippen LogP contribution in [0, 0.1) is 6.92 Å². The summed E-state index contributed by atoms with van der Waals surface area (Å²) in [5.74, 6) is -1.22. The molecule has 0 unspecified atom stereocenters. The largest absolute Gasteiger partial charge is 0.454 e. The van der Waals surface area contributed by atoms with Crippen molar-refractivity contribution in [2.24, 2.45) is 0 Å². The molecule has 0 saturated carbocycles. The van der Waals surface area contributed by atoms with Gasteiger partial charge in [0.1, 0.15) is 6.04 Å². The van der Waals surface area contributed by atoms with Crippen LogP contribution in [-0.4, -0.2) is 39.0 Å². The Hall–Kier alpha value is -1.93. The van der Waals surface area contributed by atoms with Gasteiger partial charge in [-0.25, -0.2) is 8.42 Å². The van der Waals surface area contributed by atoms with Gasteiger partial charge >= 0.3 is 5.97 Å². The zero-order valence-electron chi connectivity index (χ0n) is 15.0. The van der Waals surface area contributed by atoms with Gasteiger partial charge in [0.25, 0.3) is 5.91 Å². The summed E-state index contributed by atoms with van der Waals surface area (Å²) in [4.78, 5) is 23.7. The molecule has 0 spiro atoms. The Bertz CT molecular complexity index is 681. The van der Waals surface area contributed by atoms with Gasteiger partial charge in [-0.15, -0.1) is 0 Å². The second-order valence-electron chi connectivity index (χ2n) is 5.84. The smallest absolute Gasteiger partial charge is 0.324 e. The summed E-state index contributed by atoms with van der Waals surface area (Å²) in [6.45, 7) is 6.67. The van der Waals surface area contributed by atoms with Crippen LogP contribution in [0.25, 0.3) is 0 Å². The minimum absolute atomic E-state index is 0.0312. The first-order valence-electron chi connectivity index (χ1n) is 8.24. The number of benzene rings is 1. The lowest BCUT2D eigenvalue weighted by Gasteiger charge is -2.16. The number of amides is 1. The molecule has 0 heterocycles. The molecule has 2 N–H and O–H groups in total. The van der Waals surface area contributed by atoms with Crippen LogP contribution in [0.2, 0.25) is 0 Å². The van der Waals surface area contributed by atoms with Crippen molar-refractivity contribution in [1.29, 1.82) is 0 Å². The monoisotopic (exact) mass is 370 g/mol. The van der Waals surface area contributed by atoms with Crippen molar-refractivity contribution < 1.29 is 22.7 Å². The lowest BCUT2D eigenvalue weighted by molar-refractivity contribution is -0.150. The van der Waals surface area contributed by atoms with E-state index in [1.807, 2.05) is 20.8 Å². The summed E-state index contributed by atoms with van der Waals surface area (Å²) in [6.07, 6.45) is 1.56. The van der Waals surface area contributed by atoms with Crippen molar-refractivity contribution in [3.8, 4) is 0 Å².